The number of likely N-dealkylation sites (tertiary alicyclic amines) is 1. The number of aliphatic carboxylic acids is 1. The summed E-state index contributed by atoms with van der Waals surface area (Å²) in [5.41, 5.74) is 3.31. The van der Waals surface area contributed by atoms with E-state index in [0.717, 1.165) is 28.2 Å². The number of nitrogens with zero attached hydrogens (tertiary/aromatic N) is 1. The first-order valence-corrected chi connectivity index (χ1v) is 9.85. The van der Waals surface area contributed by atoms with Gasteiger partial charge < -0.3 is 19.5 Å². The van der Waals surface area contributed by atoms with E-state index in [0.29, 0.717) is 26.2 Å². The first kappa shape index (κ1) is 20.7. The molecule has 3 rings (SSSR count). The van der Waals surface area contributed by atoms with Crippen LogP contribution in [0.5, 0.6) is 11.5 Å². The van der Waals surface area contributed by atoms with E-state index in [4.69, 9.17) is 14.6 Å². The van der Waals surface area contributed by atoms with E-state index < -0.39 is 11.9 Å². The van der Waals surface area contributed by atoms with E-state index >= 15 is 0 Å². The van der Waals surface area contributed by atoms with E-state index in [1.165, 1.54) is 0 Å². The third kappa shape index (κ3) is 5.73. The highest BCUT2D eigenvalue weighted by Crippen LogP contribution is 2.22. The summed E-state index contributed by atoms with van der Waals surface area (Å²) in [7, 11) is 0. The molecular weight excluding hydrogens is 370 g/mol. The van der Waals surface area contributed by atoms with Crippen molar-refractivity contribution < 1.29 is 24.2 Å². The van der Waals surface area contributed by atoms with Crippen molar-refractivity contribution in [1.82, 2.24) is 4.90 Å². The summed E-state index contributed by atoms with van der Waals surface area (Å²) in [6, 6.07) is 13.8. The van der Waals surface area contributed by atoms with Crippen LogP contribution in [0.15, 0.2) is 42.5 Å². The number of hydrogen-bond acceptors (Lipinski definition) is 4. The fraction of sp³-hybridized carbons (Fsp3) is 0.391. The first-order valence-electron chi connectivity index (χ1n) is 9.85. The van der Waals surface area contributed by atoms with Crippen LogP contribution in [-0.4, -0.2) is 48.2 Å². The molecule has 2 aromatic carbocycles. The zero-order valence-electron chi connectivity index (χ0n) is 16.9. The van der Waals surface area contributed by atoms with Crippen LogP contribution in [-0.2, 0) is 16.0 Å². The lowest BCUT2D eigenvalue weighted by molar-refractivity contribution is -0.141. The molecule has 1 heterocycles. The number of carbonyl (C=O) groups excluding carboxylic acids is 1. The number of carbonyl (C=O) groups is 2. The highest BCUT2D eigenvalue weighted by molar-refractivity contribution is 5.86. The molecule has 1 amide bonds. The lowest BCUT2D eigenvalue weighted by Crippen LogP contribution is -2.28. The Hall–Kier alpha value is -3.02. The summed E-state index contributed by atoms with van der Waals surface area (Å²) >= 11 is 0. The molecule has 6 heteroatoms. The summed E-state index contributed by atoms with van der Waals surface area (Å²) in [5, 5.41) is 9.10. The first-order chi connectivity index (χ1) is 13.9. The average molecular weight is 397 g/mol. The van der Waals surface area contributed by atoms with Gasteiger partial charge in [-0.05, 0) is 55.2 Å². The molecule has 0 aliphatic carbocycles. The summed E-state index contributed by atoms with van der Waals surface area (Å²) in [5.74, 6) is -0.0136. The molecule has 1 aliphatic heterocycles. The van der Waals surface area contributed by atoms with Gasteiger partial charge in [-0.25, -0.2) is 0 Å². The smallest absolute Gasteiger partial charge is 0.308 e. The van der Waals surface area contributed by atoms with Gasteiger partial charge in [0.05, 0.1) is 5.92 Å². The average Bonchev–Trinajstić information content (AvgIpc) is 3.05. The van der Waals surface area contributed by atoms with Gasteiger partial charge in [0.2, 0.25) is 5.91 Å². The maximum Gasteiger partial charge on any atom is 0.308 e. The molecule has 1 N–H and O–H groups in total. The maximum absolute atomic E-state index is 12.0. The Bertz CT molecular complexity index is 859. The molecule has 1 saturated heterocycles. The molecule has 2 aromatic rings. The van der Waals surface area contributed by atoms with Crippen molar-refractivity contribution in [2.45, 2.75) is 26.7 Å². The van der Waals surface area contributed by atoms with Crippen LogP contribution in [0, 0.1) is 19.8 Å². The van der Waals surface area contributed by atoms with Crippen molar-refractivity contribution in [3.05, 3.63) is 59.2 Å². The summed E-state index contributed by atoms with van der Waals surface area (Å²) in [4.78, 5) is 24.7. The van der Waals surface area contributed by atoms with Gasteiger partial charge in [0.15, 0.2) is 0 Å². The van der Waals surface area contributed by atoms with E-state index in [-0.39, 0.29) is 18.9 Å². The minimum Gasteiger partial charge on any atom is -0.490 e. The zero-order chi connectivity index (χ0) is 20.8. The fourth-order valence-electron chi connectivity index (χ4n) is 3.59. The van der Waals surface area contributed by atoms with Crippen LogP contribution in [0.25, 0.3) is 0 Å². The van der Waals surface area contributed by atoms with Crippen molar-refractivity contribution in [3.63, 3.8) is 0 Å². The number of para-hydroxylation sites is 1. The van der Waals surface area contributed by atoms with Gasteiger partial charge >= 0.3 is 5.97 Å². The summed E-state index contributed by atoms with van der Waals surface area (Å²) in [6.45, 7) is 5.69. The monoisotopic (exact) mass is 397 g/mol. The van der Waals surface area contributed by atoms with Crippen molar-refractivity contribution in [3.8, 4) is 11.5 Å². The summed E-state index contributed by atoms with van der Waals surface area (Å²) in [6.07, 6.45) is 0.704. The van der Waals surface area contributed by atoms with Gasteiger partial charge in [-0.3, -0.25) is 9.59 Å². The molecule has 1 unspecified atom stereocenters. The van der Waals surface area contributed by atoms with E-state index in [2.05, 4.69) is 6.07 Å². The second-order valence-electron chi connectivity index (χ2n) is 7.46. The van der Waals surface area contributed by atoms with E-state index in [1.54, 1.807) is 4.90 Å². The number of amides is 1. The van der Waals surface area contributed by atoms with Crippen LogP contribution in [0.3, 0.4) is 0 Å². The van der Waals surface area contributed by atoms with Crippen LogP contribution in [0.1, 0.15) is 23.1 Å². The second kappa shape index (κ2) is 9.45. The maximum atomic E-state index is 12.0. The van der Waals surface area contributed by atoms with Crippen molar-refractivity contribution in [2.75, 3.05) is 26.3 Å². The Morgan fingerprint density at radius 2 is 1.79 bits per heavy atom. The second-order valence-corrected chi connectivity index (χ2v) is 7.46. The predicted molar refractivity (Wildman–Crippen MR) is 109 cm³/mol. The molecular formula is C23H27NO5. The van der Waals surface area contributed by atoms with Crippen molar-refractivity contribution in [1.29, 1.82) is 0 Å². The molecule has 1 atom stereocenters. The van der Waals surface area contributed by atoms with Gasteiger partial charge in [0, 0.05) is 19.5 Å². The lowest BCUT2D eigenvalue weighted by Gasteiger charge is -2.17. The molecule has 154 valence electrons. The number of ether oxygens (including phenoxy) is 2. The predicted octanol–water partition coefficient (Wildman–Crippen LogP) is 3.24. The minimum atomic E-state index is -0.909. The van der Waals surface area contributed by atoms with Gasteiger partial charge in [0.25, 0.3) is 0 Å². The van der Waals surface area contributed by atoms with Crippen molar-refractivity contribution in [2.24, 2.45) is 5.92 Å². The third-order valence-corrected chi connectivity index (χ3v) is 4.99. The lowest BCUT2D eigenvalue weighted by atomic mass is 10.1. The summed E-state index contributed by atoms with van der Waals surface area (Å²) < 4.78 is 11.7. The number of carboxylic acid groups (broad SMARTS) is 1. The van der Waals surface area contributed by atoms with Crippen LogP contribution in [0.2, 0.25) is 0 Å². The minimum absolute atomic E-state index is 0.0866. The molecule has 6 nitrogen and oxygen atoms in total. The van der Waals surface area contributed by atoms with E-state index in [9.17, 15) is 9.59 Å². The highest BCUT2D eigenvalue weighted by Gasteiger charge is 2.33. The Morgan fingerprint density at radius 1 is 1.10 bits per heavy atom. The van der Waals surface area contributed by atoms with Crippen LogP contribution in [0.4, 0.5) is 0 Å². The third-order valence-electron chi connectivity index (χ3n) is 4.99. The van der Waals surface area contributed by atoms with E-state index in [1.807, 2.05) is 50.2 Å². The molecule has 0 aromatic heterocycles. The largest absolute Gasteiger partial charge is 0.490 e. The molecule has 0 bridgehead atoms. The standard InChI is InChI=1S/C23H27NO5/c1-16-11-17(2)13-20(12-16)28-9-10-29-21-6-4-3-5-18(21)7-8-24-15-19(23(26)27)14-22(24)25/h3-6,11-13,19H,7-10,14-15H2,1-2H3,(H,26,27). The van der Waals surface area contributed by atoms with Crippen LogP contribution < -0.4 is 9.47 Å². The number of rotatable bonds is 9. The molecule has 0 spiro atoms. The van der Waals surface area contributed by atoms with Gasteiger partial charge in [-0.15, -0.1) is 0 Å². The molecule has 1 aliphatic rings. The topological polar surface area (TPSA) is 76.1 Å². The Kier molecular flexibility index (Phi) is 6.75. The Morgan fingerprint density at radius 3 is 2.48 bits per heavy atom. The molecule has 0 saturated carbocycles. The van der Waals surface area contributed by atoms with Gasteiger partial charge in [-0.1, -0.05) is 24.3 Å². The van der Waals surface area contributed by atoms with Crippen molar-refractivity contribution >= 4 is 11.9 Å². The Balaban J connectivity index is 1.50. The number of hydrogen-bond donors (Lipinski definition) is 1. The fourth-order valence-corrected chi connectivity index (χ4v) is 3.59. The molecule has 1 fully saturated rings. The normalized spacial score (nSPS) is 16.1. The van der Waals surface area contributed by atoms with Gasteiger partial charge in [-0.2, -0.15) is 0 Å². The molecule has 0 radical (unpaired) electrons. The number of benzene rings is 2. The quantitative estimate of drug-likeness (QED) is 0.658. The van der Waals surface area contributed by atoms with Gasteiger partial charge in [0.1, 0.15) is 24.7 Å². The SMILES string of the molecule is Cc1cc(C)cc(OCCOc2ccccc2CCN2CC(C(=O)O)CC2=O)c1. The molecule has 29 heavy (non-hydrogen) atoms. The Labute approximate surface area is 171 Å². The number of carboxylic acids is 1. The van der Waals surface area contributed by atoms with Crippen LogP contribution >= 0.6 is 0 Å². The zero-order valence-corrected chi connectivity index (χ0v) is 16.9. The number of aryl methyl sites for hydroxylation is 2. The highest BCUT2D eigenvalue weighted by atomic mass is 16.5.